The van der Waals surface area contributed by atoms with Crippen molar-refractivity contribution >= 4 is 11.9 Å². The predicted octanol–water partition coefficient (Wildman–Crippen LogP) is 1.78. The van der Waals surface area contributed by atoms with Crippen molar-refractivity contribution < 1.29 is 14.0 Å². The molecule has 1 fully saturated rings. The summed E-state index contributed by atoms with van der Waals surface area (Å²) in [7, 11) is 0. The van der Waals surface area contributed by atoms with Crippen molar-refractivity contribution in [2.24, 2.45) is 5.73 Å². The van der Waals surface area contributed by atoms with E-state index in [0.29, 0.717) is 6.54 Å². The predicted molar refractivity (Wildman–Crippen MR) is 73.8 cm³/mol. The summed E-state index contributed by atoms with van der Waals surface area (Å²) in [5.41, 5.74) is 4.93. The molecular formula is C14H21N3O3. The number of likely N-dealkylation sites (tertiary alicyclic amines) is 1. The summed E-state index contributed by atoms with van der Waals surface area (Å²) in [4.78, 5) is 24.4. The van der Waals surface area contributed by atoms with E-state index < -0.39 is 6.03 Å². The van der Waals surface area contributed by atoms with Gasteiger partial charge in [0.25, 0.3) is 0 Å². The topological polar surface area (TPSA) is 88.6 Å². The largest absolute Gasteiger partial charge is 0.468 e. The molecule has 1 aliphatic rings. The zero-order valence-electron chi connectivity index (χ0n) is 11.5. The molecule has 6 nitrogen and oxygen atoms in total. The second-order valence-electron chi connectivity index (χ2n) is 5.08. The van der Waals surface area contributed by atoms with Crippen molar-refractivity contribution in [3.8, 4) is 0 Å². The number of hydrogen-bond acceptors (Lipinski definition) is 4. The second kappa shape index (κ2) is 7.09. The highest BCUT2D eigenvalue weighted by Gasteiger charge is 2.24. The minimum Gasteiger partial charge on any atom is -0.468 e. The third kappa shape index (κ3) is 4.09. The third-order valence-electron chi connectivity index (χ3n) is 3.62. The fourth-order valence-corrected chi connectivity index (χ4v) is 2.68. The highest BCUT2D eigenvalue weighted by molar-refractivity contribution is 5.93. The molecule has 0 aliphatic carbocycles. The Labute approximate surface area is 118 Å². The number of nitrogens with zero attached hydrogens (tertiary/aromatic N) is 1. The van der Waals surface area contributed by atoms with Crippen LogP contribution in [0.25, 0.3) is 0 Å². The number of nitrogens with one attached hydrogen (secondary N) is 1. The molecule has 0 bridgehead atoms. The molecule has 3 N–H and O–H groups in total. The zero-order valence-corrected chi connectivity index (χ0v) is 11.5. The SMILES string of the molecule is NC(=O)NC(=O)CCN1CCCCCC1c1ccco1. The number of imide groups is 1. The number of nitrogens with two attached hydrogens (primary N) is 1. The van der Waals surface area contributed by atoms with Crippen molar-refractivity contribution in [1.82, 2.24) is 10.2 Å². The number of carbonyl (C=O) groups excluding carboxylic acids is 2. The van der Waals surface area contributed by atoms with Crippen LogP contribution in [0.4, 0.5) is 4.79 Å². The highest BCUT2D eigenvalue weighted by Crippen LogP contribution is 2.30. The summed E-state index contributed by atoms with van der Waals surface area (Å²) < 4.78 is 5.51. The van der Waals surface area contributed by atoms with Crippen LogP contribution < -0.4 is 11.1 Å². The molecule has 0 spiro atoms. The van der Waals surface area contributed by atoms with Crippen LogP contribution in [0.1, 0.15) is 43.9 Å². The minimum absolute atomic E-state index is 0.217. The van der Waals surface area contributed by atoms with Crippen molar-refractivity contribution in [2.75, 3.05) is 13.1 Å². The Kier molecular flexibility index (Phi) is 5.17. The Morgan fingerprint density at radius 1 is 1.40 bits per heavy atom. The fourth-order valence-electron chi connectivity index (χ4n) is 2.68. The molecule has 1 aromatic rings. The maximum atomic E-state index is 11.5. The molecule has 0 radical (unpaired) electrons. The van der Waals surface area contributed by atoms with E-state index in [1.807, 2.05) is 12.1 Å². The lowest BCUT2D eigenvalue weighted by atomic mass is 10.1. The van der Waals surface area contributed by atoms with E-state index in [1.54, 1.807) is 6.26 Å². The maximum absolute atomic E-state index is 11.5. The molecule has 1 aliphatic heterocycles. The molecule has 110 valence electrons. The fraction of sp³-hybridized carbons (Fsp3) is 0.571. The smallest absolute Gasteiger partial charge is 0.318 e. The van der Waals surface area contributed by atoms with E-state index in [1.165, 1.54) is 6.42 Å². The van der Waals surface area contributed by atoms with Gasteiger partial charge in [-0.15, -0.1) is 0 Å². The molecule has 3 amide bonds. The quantitative estimate of drug-likeness (QED) is 0.879. The normalized spacial score (nSPS) is 20.3. The van der Waals surface area contributed by atoms with Gasteiger partial charge in [-0.1, -0.05) is 12.8 Å². The first-order chi connectivity index (χ1) is 9.66. The third-order valence-corrected chi connectivity index (χ3v) is 3.62. The van der Waals surface area contributed by atoms with Gasteiger partial charge in [0, 0.05) is 13.0 Å². The van der Waals surface area contributed by atoms with Crippen LogP contribution in [0, 0.1) is 0 Å². The van der Waals surface area contributed by atoms with Crippen molar-refractivity contribution in [2.45, 2.75) is 38.1 Å². The number of carbonyl (C=O) groups is 2. The van der Waals surface area contributed by atoms with Gasteiger partial charge in [0.05, 0.1) is 12.3 Å². The van der Waals surface area contributed by atoms with Gasteiger partial charge in [0.2, 0.25) is 5.91 Å². The summed E-state index contributed by atoms with van der Waals surface area (Å²) in [5.74, 6) is 0.613. The molecule has 2 rings (SSSR count). The van der Waals surface area contributed by atoms with Crippen LogP contribution >= 0.6 is 0 Å². The highest BCUT2D eigenvalue weighted by atomic mass is 16.3. The maximum Gasteiger partial charge on any atom is 0.318 e. The standard InChI is InChI=1S/C14H21N3O3/c15-14(19)16-13(18)7-9-17-8-3-1-2-5-11(17)12-6-4-10-20-12/h4,6,10-11H,1-3,5,7-9H2,(H3,15,16,18,19). The Balaban J connectivity index is 1.95. The van der Waals surface area contributed by atoms with Crippen LogP contribution in [0.15, 0.2) is 22.8 Å². The van der Waals surface area contributed by atoms with E-state index in [9.17, 15) is 9.59 Å². The van der Waals surface area contributed by atoms with Crippen LogP contribution in [-0.4, -0.2) is 29.9 Å². The molecule has 20 heavy (non-hydrogen) atoms. The van der Waals surface area contributed by atoms with Gasteiger partial charge in [-0.3, -0.25) is 15.0 Å². The molecule has 6 heteroatoms. The van der Waals surface area contributed by atoms with Gasteiger partial charge >= 0.3 is 6.03 Å². The van der Waals surface area contributed by atoms with Crippen LogP contribution in [0.2, 0.25) is 0 Å². The molecule has 1 atom stereocenters. The Hall–Kier alpha value is -1.82. The Morgan fingerprint density at radius 3 is 2.95 bits per heavy atom. The van der Waals surface area contributed by atoms with Crippen LogP contribution in [0.3, 0.4) is 0 Å². The average molecular weight is 279 g/mol. The first-order valence-electron chi connectivity index (χ1n) is 7.03. The van der Waals surface area contributed by atoms with Crippen molar-refractivity contribution in [3.05, 3.63) is 24.2 Å². The van der Waals surface area contributed by atoms with Gasteiger partial charge < -0.3 is 10.2 Å². The monoisotopic (exact) mass is 279 g/mol. The molecular weight excluding hydrogens is 258 g/mol. The van der Waals surface area contributed by atoms with E-state index in [0.717, 1.165) is 31.6 Å². The van der Waals surface area contributed by atoms with Crippen LogP contribution in [0.5, 0.6) is 0 Å². The van der Waals surface area contributed by atoms with Crippen LogP contribution in [-0.2, 0) is 4.79 Å². The van der Waals surface area contributed by atoms with Crippen molar-refractivity contribution in [1.29, 1.82) is 0 Å². The molecule has 0 saturated carbocycles. The first-order valence-corrected chi connectivity index (χ1v) is 7.03. The van der Waals surface area contributed by atoms with Gasteiger partial charge in [-0.2, -0.15) is 0 Å². The van der Waals surface area contributed by atoms with E-state index in [2.05, 4.69) is 10.2 Å². The number of furan rings is 1. The molecule has 1 unspecified atom stereocenters. The summed E-state index contributed by atoms with van der Waals surface area (Å²) in [5, 5.41) is 2.10. The van der Waals surface area contributed by atoms with Gasteiger partial charge in [-0.05, 0) is 31.5 Å². The minimum atomic E-state index is -0.798. The number of rotatable bonds is 4. The lowest BCUT2D eigenvalue weighted by Gasteiger charge is -2.28. The lowest BCUT2D eigenvalue weighted by molar-refractivity contribution is -0.120. The Morgan fingerprint density at radius 2 is 2.25 bits per heavy atom. The summed E-state index contributed by atoms with van der Waals surface area (Å²) in [6.45, 7) is 1.54. The molecule has 1 saturated heterocycles. The Bertz CT molecular complexity index is 445. The number of urea groups is 1. The van der Waals surface area contributed by atoms with E-state index in [4.69, 9.17) is 10.2 Å². The molecule has 2 heterocycles. The second-order valence-corrected chi connectivity index (χ2v) is 5.08. The summed E-state index contributed by atoms with van der Waals surface area (Å²) in [6.07, 6.45) is 6.45. The zero-order chi connectivity index (χ0) is 14.4. The summed E-state index contributed by atoms with van der Waals surface area (Å²) in [6, 6.07) is 3.28. The van der Waals surface area contributed by atoms with Gasteiger partial charge in [0.15, 0.2) is 0 Å². The van der Waals surface area contributed by atoms with Gasteiger partial charge in [-0.25, -0.2) is 4.79 Å². The summed E-state index contributed by atoms with van der Waals surface area (Å²) >= 11 is 0. The number of primary amides is 1. The number of hydrogen-bond donors (Lipinski definition) is 2. The molecule has 1 aromatic heterocycles. The first kappa shape index (κ1) is 14.6. The molecule has 0 aromatic carbocycles. The van der Waals surface area contributed by atoms with E-state index >= 15 is 0 Å². The average Bonchev–Trinajstić information content (AvgIpc) is 2.81. The van der Waals surface area contributed by atoms with Gasteiger partial charge in [0.1, 0.15) is 5.76 Å². The van der Waals surface area contributed by atoms with E-state index in [-0.39, 0.29) is 18.4 Å². The number of amides is 3. The lowest BCUT2D eigenvalue weighted by Crippen LogP contribution is -2.38. The van der Waals surface area contributed by atoms with Crippen molar-refractivity contribution in [3.63, 3.8) is 0 Å².